The van der Waals surface area contributed by atoms with Crippen LogP contribution in [0.1, 0.15) is 32.5 Å². The highest BCUT2D eigenvalue weighted by Crippen LogP contribution is 2.17. The number of aromatic nitrogens is 2. The monoisotopic (exact) mass is 213 g/mol. The maximum atomic E-state index is 5.98. The molecular weight excluding hydrogens is 194 g/mol. The minimum Gasteiger partial charge on any atom is -0.384 e. The van der Waals surface area contributed by atoms with Gasteiger partial charge in [0.25, 0.3) is 0 Å². The largest absolute Gasteiger partial charge is 0.384 e. The predicted molar refractivity (Wildman–Crippen MR) is 63.7 cm³/mol. The zero-order valence-electron chi connectivity index (χ0n) is 9.16. The van der Waals surface area contributed by atoms with Crippen LogP contribution in [0.2, 0.25) is 0 Å². The minimum absolute atomic E-state index is 0.398. The van der Waals surface area contributed by atoms with Gasteiger partial charge in [0, 0.05) is 12.5 Å². The molecular formula is C10H19N3S. The lowest BCUT2D eigenvalue weighted by Crippen LogP contribution is -2.05. The summed E-state index contributed by atoms with van der Waals surface area (Å²) in [5.41, 5.74) is 7.02. The van der Waals surface area contributed by atoms with Crippen LogP contribution in [0.3, 0.4) is 0 Å². The summed E-state index contributed by atoms with van der Waals surface area (Å²) in [5, 5.41) is 0. The van der Waals surface area contributed by atoms with Crippen molar-refractivity contribution in [2.24, 2.45) is 0 Å². The molecule has 1 aromatic heterocycles. The van der Waals surface area contributed by atoms with Crippen molar-refractivity contribution in [3.63, 3.8) is 0 Å². The molecule has 4 heteroatoms. The van der Waals surface area contributed by atoms with Gasteiger partial charge in [0.15, 0.2) is 0 Å². The van der Waals surface area contributed by atoms with E-state index in [1.807, 2.05) is 22.7 Å². The van der Waals surface area contributed by atoms with Gasteiger partial charge in [0.2, 0.25) is 0 Å². The van der Waals surface area contributed by atoms with Crippen LogP contribution in [0, 0.1) is 0 Å². The van der Waals surface area contributed by atoms with Crippen molar-refractivity contribution in [3.05, 3.63) is 12.0 Å². The maximum absolute atomic E-state index is 5.98. The van der Waals surface area contributed by atoms with Crippen molar-refractivity contribution in [2.75, 3.05) is 17.2 Å². The number of anilines is 1. The molecule has 0 saturated heterocycles. The number of hydrogen-bond acceptors (Lipinski definition) is 3. The summed E-state index contributed by atoms with van der Waals surface area (Å²) in [5.74, 6) is 3.09. The molecule has 0 unspecified atom stereocenters. The van der Waals surface area contributed by atoms with Crippen molar-refractivity contribution in [1.82, 2.24) is 9.55 Å². The standard InChI is InChI=1S/C10H19N3S/c1-4-14-6-5-9-10(11)13(7-12-9)8(2)3/h7-8H,4-6,11H2,1-3H3. The Bertz CT molecular complexity index is 281. The third-order valence-corrected chi connectivity index (χ3v) is 3.06. The summed E-state index contributed by atoms with van der Waals surface area (Å²) < 4.78 is 2.02. The Morgan fingerprint density at radius 1 is 1.57 bits per heavy atom. The average Bonchev–Trinajstić information content (AvgIpc) is 2.48. The van der Waals surface area contributed by atoms with E-state index in [2.05, 4.69) is 25.8 Å². The Kier molecular flexibility index (Phi) is 4.32. The molecule has 0 saturated carbocycles. The van der Waals surface area contributed by atoms with Gasteiger partial charge in [-0.15, -0.1) is 0 Å². The summed E-state index contributed by atoms with van der Waals surface area (Å²) >= 11 is 1.92. The van der Waals surface area contributed by atoms with Crippen LogP contribution in [0.5, 0.6) is 0 Å². The fourth-order valence-electron chi connectivity index (χ4n) is 1.33. The third-order valence-electron chi connectivity index (χ3n) is 2.16. The maximum Gasteiger partial charge on any atom is 0.126 e. The van der Waals surface area contributed by atoms with Crippen molar-refractivity contribution in [1.29, 1.82) is 0 Å². The molecule has 0 aromatic carbocycles. The summed E-state index contributed by atoms with van der Waals surface area (Å²) in [6, 6.07) is 0.398. The summed E-state index contributed by atoms with van der Waals surface area (Å²) in [7, 11) is 0. The molecule has 0 aliphatic rings. The van der Waals surface area contributed by atoms with Crippen molar-refractivity contribution in [3.8, 4) is 0 Å². The first-order chi connectivity index (χ1) is 6.66. The van der Waals surface area contributed by atoms with Gasteiger partial charge in [0.1, 0.15) is 5.82 Å². The lowest BCUT2D eigenvalue weighted by Gasteiger charge is -2.08. The average molecular weight is 213 g/mol. The Hall–Kier alpha value is -0.640. The number of rotatable bonds is 5. The van der Waals surface area contributed by atoms with Crippen molar-refractivity contribution in [2.45, 2.75) is 33.2 Å². The van der Waals surface area contributed by atoms with E-state index in [0.717, 1.165) is 29.4 Å². The number of imidazole rings is 1. The third kappa shape index (κ3) is 2.67. The molecule has 0 bridgehead atoms. The summed E-state index contributed by atoms with van der Waals surface area (Å²) in [6.07, 6.45) is 2.82. The van der Waals surface area contributed by atoms with Crippen molar-refractivity contribution >= 4 is 17.6 Å². The number of nitrogens with zero attached hydrogens (tertiary/aromatic N) is 2. The normalized spacial score (nSPS) is 11.1. The number of nitrogens with two attached hydrogens (primary N) is 1. The second kappa shape index (κ2) is 5.29. The van der Waals surface area contributed by atoms with E-state index in [9.17, 15) is 0 Å². The van der Waals surface area contributed by atoms with E-state index in [-0.39, 0.29) is 0 Å². The van der Waals surface area contributed by atoms with Gasteiger partial charge in [-0.2, -0.15) is 11.8 Å². The van der Waals surface area contributed by atoms with Crippen LogP contribution < -0.4 is 5.73 Å². The summed E-state index contributed by atoms with van der Waals surface area (Å²) in [6.45, 7) is 6.39. The fraction of sp³-hybridized carbons (Fsp3) is 0.700. The van der Waals surface area contributed by atoms with E-state index in [0.29, 0.717) is 6.04 Å². The molecule has 0 fully saturated rings. The van der Waals surface area contributed by atoms with Crippen LogP contribution >= 0.6 is 11.8 Å². The van der Waals surface area contributed by atoms with E-state index >= 15 is 0 Å². The van der Waals surface area contributed by atoms with Gasteiger partial charge < -0.3 is 10.3 Å². The molecule has 1 aromatic rings. The highest BCUT2D eigenvalue weighted by Gasteiger charge is 2.08. The SMILES string of the molecule is CCSCCc1ncn(C(C)C)c1N. The Morgan fingerprint density at radius 3 is 2.79 bits per heavy atom. The summed E-state index contributed by atoms with van der Waals surface area (Å²) in [4.78, 5) is 4.33. The Balaban J connectivity index is 2.60. The second-order valence-electron chi connectivity index (χ2n) is 3.52. The highest BCUT2D eigenvalue weighted by molar-refractivity contribution is 7.99. The number of thioether (sulfide) groups is 1. The van der Waals surface area contributed by atoms with Crippen LogP contribution in [0.15, 0.2) is 6.33 Å². The fourth-order valence-corrected chi connectivity index (χ4v) is 1.95. The zero-order chi connectivity index (χ0) is 10.6. The minimum atomic E-state index is 0.398. The molecule has 80 valence electrons. The molecule has 0 amide bonds. The van der Waals surface area contributed by atoms with E-state index < -0.39 is 0 Å². The first-order valence-electron chi connectivity index (χ1n) is 5.05. The molecule has 0 atom stereocenters. The molecule has 0 aliphatic carbocycles. The van der Waals surface area contributed by atoms with Gasteiger partial charge in [0.05, 0.1) is 12.0 Å². The molecule has 0 radical (unpaired) electrons. The van der Waals surface area contributed by atoms with Gasteiger partial charge in [-0.25, -0.2) is 4.98 Å². The topological polar surface area (TPSA) is 43.8 Å². The second-order valence-corrected chi connectivity index (χ2v) is 4.92. The molecule has 0 aliphatic heterocycles. The smallest absolute Gasteiger partial charge is 0.126 e. The van der Waals surface area contributed by atoms with E-state index in [1.165, 1.54) is 0 Å². The number of aryl methyl sites for hydroxylation is 1. The number of nitrogen functional groups attached to an aromatic ring is 1. The first kappa shape index (κ1) is 11.4. The van der Waals surface area contributed by atoms with Crippen LogP contribution in [-0.4, -0.2) is 21.1 Å². The molecule has 1 heterocycles. The Morgan fingerprint density at radius 2 is 2.29 bits per heavy atom. The lowest BCUT2D eigenvalue weighted by molar-refractivity contribution is 0.607. The van der Waals surface area contributed by atoms with E-state index in [4.69, 9.17) is 5.73 Å². The molecule has 14 heavy (non-hydrogen) atoms. The Labute approximate surface area is 90.1 Å². The van der Waals surface area contributed by atoms with Crippen LogP contribution in [-0.2, 0) is 6.42 Å². The van der Waals surface area contributed by atoms with Gasteiger partial charge in [-0.1, -0.05) is 6.92 Å². The van der Waals surface area contributed by atoms with Gasteiger partial charge >= 0.3 is 0 Å². The molecule has 2 N–H and O–H groups in total. The molecule has 1 rings (SSSR count). The number of hydrogen-bond donors (Lipinski definition) is 1. The van der Waals surface area contributed by atoms with Crippen LogP contribution in [0.25, 0.3) is 0 Å². The molecule has 3 nitrogen and oxygen atoms in total. The molecule has 0 spiro atoms. The quantitative estimate of drug-likeness (QED) is 0.764. The van der Waals surface area contributed by atoms with E-state index in [1.54, 1.807) is 0 Å². The van der Waals surface area contributed by atoms with Gasteiger partial charge in [-0.3, -0.25) is 0 Å². The zero-order valence-corrected chi connectivity index (χ0v) is 9.97. The van der Waals surface area contributed by atoms with Crippen molar-refractivity contribution < 1.29 is 0 Å². The lowest BCUT2D eigenvalue weighted by atomic mass is 10.3. The van der Waals surface area contributed by atoms with Crippen LogP contribution in [0.4, 0.5) is 5.82 Å². The predicted octanol–water partition coefficient (Wildman–Crippen LogP) is 2.34. The highest BCUT2D eigenvalue weighted by atomic mass is 32.2. The first-order valence-corrected chi connectivity index (χ1v) is 6.21. The van der Waals surface area contributed by atoms with Gasteiger partial charge in [-0.05, 0) is 25.4 Å².